The molecule has 12 heavy (non-hydrogen) atoms. The molecular formula is C8H10N2O2. The van der Waals surface area contributed by atoms with Crippen LogP contribution in [0.25, 0.3) is 0 Å². The fourth-order valence-corrected chi connectivity index (χ4v) is 1.38. The van der Waals surface area contributed by atoms with Gasteiger partial charge in [-0.05, 0) is 0 Å². The first-order valence-corrected chi connectivity index (χ1v) is 3.92. The van der Waals surface area contributed by atoms with E-state index in [0.717, 1.165) is 12.4 Å². The molecule has 0 bridgehead atoms. The summed E-state index contributed by atoms with van der Waals surface area (Å²) in [6.07, 6.45) is 1.62. The van der Waals surface area contributed by atoms with E-state index in [1.165, 1.54) is 0 Å². The molecular weight excluding hydrogens is 156 g/mol. The van der Waals surface area contributed by atoms with Gasteiger partial charge in [-0.15, -0.1) is 0 Å². The summed E-state index contributed by atoms with van der Waals surface area (Å²) in [4.78, 5) is 15.2. The van der Waals surface area contributed by atoms with Crippen LogP contribution in [0.15, 0.2) is 6.20 Å². The number of aromatic nitrogens is 2. The van der Waals surface area contributed by atoms with Crippen molar-refractivity contribution in [3.05, 3.63) is 17.7 Å². The first-order valence-electron chi connectivity index (χ1n) is 3.92. The Hall–Kier alpha value is -1.16. The zero-order chi connectivity index (χ0) is 8.55. The van der Waals surface area contributed by atoms with Crippen LogP contribution in [0, 0.1) is 0 Å². The van der Waals surface area contributed by atoms with Crippen LogP contribution in [0.4, 0.5) is 0 Å². The number of hydrogen-bond donors (Lipinski definition) is 0. The minimum atomic E-state index is 0.0654. The second-order valence-corrected chi connectivity index (χ2v) is 2.82. The van der Waals surface area contributed by atoms with Gasteiger partial charge in [0.2, 0.25) is 0 Å². The number of imidazole rings is 1. The molecule has 0 N–H and O–H groups in total. The van der Waals surface area contributed by atoms with Crippen LogP contribution >= 0.6 is 0 Å². The van der Waals surface area contributed by atoms with Gasteiger partial charge in [-0.3, -0.25) is 4.79 Å². The summed E-state index contributed by atoms with van der Waals surface area (Å²) in [5, 5.41) is 0. The predicted molar refractivity (Wildman–Crippen MR) is 41.9 cm³/mol. The quantitative estimate of drug-likeness (QED) is 0.574. The van der Waals surface area contributed by atoms with Crippen molar-refractivity contribution in [3.63, 3.8) is 0 Å². The molecule has 64 valence electrons. The number of ketones is 1. The summed E-state index contributed by atoms with van der Waals surface area (Å²) in [5.41, 5.74) is 0.688. The molecule has 0 unspecified atom stereocenters. The highest BCUT2D eigenvalue weighted by Gasteiger charge is 2.16. The number of ether oxygens (including phenoxy) is 1. The van der Waals surface area contributed by atoms with Gasteiger partial charge in [0, 0.05) is 13.5 Å². The second-order valence-electron chi connectivity index (χ2n) is 2.82. The van der Waals surface area contributed by atoms with Crippen molar-refractivity contribution in [1.29, 1.82) is 0 Å². The Kier molecular flexibility index (Phi) is 1.69. The average Bonchev–Trinajstić information content (AvgIpc) is 2.47. The number of nitrogens with zero attached hydrogens (tertiary/aromatic N) is 2. The molecule has 0 aliphatic carbocycles. The van der Waals surface area contributed by atoms with Crippen molar-refractivity contribution in [2.45, 2.75) is 20.1 Å². The number of carbonyl (C=O) groups is 1. The van der Waals surface area contributed by atoms with Gasteiger partial charge >= 0.3 is 0 Å². The monoisotopic (exact) mass is 166 g/mol. The molecule has 0 radical (unpaired) electrons. The maximum absolute atomic E-state index is 11.1. The van der Waals surface area contributed by atoms with E-state index in [1.807, 2.05) is 4.57 Å². The largest absolute Gasteiger partial charge is 0.372 e. The third-order valence-corrected chi connectivity index (χ3v) is 1.99. The van der Waals surface area contributed by atoms with Gasteiger partial charge in [0.05, 0.1) is 12.8 Å². The standard InChI is InChI=1S/C8H10N2O2/c1-6(11)7-4-9-8-5-12-3-2-10(7)8/h4H,2-3,5H2,1H3. The molecule has 0 atom stereocenters. The van der Waals surface area contributed by atoms with Crippen molar-refractivity contribution in [3.8, 4) is 0 Å². The normalized spacial score (nSPS) is 15.8. The third-order valence-electron chi connectivity index (χ3n) is 1.99. The van der Waals surface area contributed by atoms with Crippen LogP contribution in [-0.4, -0.2) is 21.9 Å². The minimum Gasteiger partial charge on any atom is -0.372 e. The molecule has 2 rings (SSSR count). The molecule has 1 aromatic rings. The van der Waals surface area contributed by atoms with Crippen LogP contribution in [0.3, 0.4) is 0 Å². The van der Waals surface area contributed by atoms with Gasteiger partial charge < -0.3 is 9.30 Å². The Morgan fingerprint density at radius 1 is 1.75 bits per heavy atom. The maximum atomic E-state index is 11.1. The molecule has 0 saturated heterocycles. The summed E-state index contributed by atoms with van der Waals surface area (Å²) >= 11 is 0. The zero-order valence-corrected chi connectivity index (χ0v) is 6.91. The Bertz CT molecular complexity index is 317. The van der Waals surface area contributed by atoms with E-state index in [-0.39, 0.29) is 5.78 Å². The summed E-state index contributed by atoms with van der Waals surface area (Å²) in [6.45, 7) is 3.49. The molecule has 2 heterocycles. The topological polar surface area (TPSA) is 44.1 Å². The second kappa shape index (κ2) is 2.71. The fourth-order valence-electron chi connectivity index (χ4n) is 1.38. The van der Waals surface area contributed by atoms with E-state index >= 15 is 0 Å². The van der Waals surface area contributed by atoms with Crippen LogP contribution < -0.4 is 0 Å². The molecule has 0 fully saturated rings. The Morgan fingerprint density at radius 2 is 2.58 bits per heavy atom. The number of fused-ring (bicyclic) bond motifs is 1. The van der Waals surface area contributed by atoms with E-state index < -0.39 is 0 Å². The van der Waals surface area contributed by atoms with Gasteiger partial charge in [0.15, 0.2) is 5.78 Å². The molecule has 4 nitrogen and oxygen atoms in total. The van der Waals surface area contributed by atoms with E-state index in [4.69, 9.17) is 4.74 Å². The highest BCUT2D eigenvalue weighted by atomic mass is 16.5. The van der Waals surface area contributed by atoms with Gasteiger partial charge in [0.25, 0.3) is 0 Å². The summed E-state index contributed by atoms with van der Waals surface area (Å²) in [5.74, 6) is 0.919. The third kappa shape index (κ3) is 1.04. The molecule has 0 amide bonds. The first kappa shape index (κ1) is 7.49. The molecule has 4 heteroatoms. The molecule has 1 aromatic heterocycles. The fraction of sp³-hybridized carbons (Fsp3) is 0.500. The lowest BCUT2D eigenvalue weighted by Gasteiger charge is -2.15. The number of rotatable bonds is 1. The van der Waals surface area contributed by atoms with Gasteiger partial charge in [-0.25, -0.2) is 4.98 Å². The van der Waals surface area contributed by atoms with Crippen molar-refractivity contribution < 1.29 is 9.53 Å². The molecule has 1 aliphatic heterocycles. The lowest BCUT2D eigenvalue weighted by Crippen LogP contribution is -2.19. The van der Waals surface area contributed by atoms with Crippen LogP contribution in [0.2, 0.25) is 0 Å². The van der Waals surface area contributed by atoms with E-state index in [0.29, 0.717) is 18.9 Å². The van der Waals surface area contributed by atoms with Crippen molar-refractivity contribution in [2.75, 3.05) is 6.61 Å². The minimum absolute atomic E-state index is 0.0654. The SMILES string of the molecule is CC(=O)c1cnc2n1CCOC2. The number of hydrogen-bond acceptors (Lipinski definition) is 3. The number of Topliss-reactive ketones (excluding diaryl/α,β-unsaturated/α-hetero) is 1. The lowest BCUT2D eigenvalue weighted by molar-refractivity contribution is 0.0789. The van der Waals surface area contributed by atoms with Crippen molar-refractivity contribution in [2.24, 2.45) is 0 Å². The smallest absolute Gasteiger partial charge is 0.177 e. The van der Waals surface area contributed by atoms with Crippen LogP contribution in [0.5, 0.6) is 0 Å². The van der Waals surface area contributed by atoms with Crippen LogP contribution in [0.1, 0.15) is 23.2 Å². The Labute approximate surface area is 70.2 Å². The Morgan fingerprint density at radius 3 is 3.33 bits per heavy atom. The van der Waals surface area contributed by atoms with Gasteiger partial charge in [-0.1, -0.05) is 0 Å². The summed E-state index contributed by atoms with van der Waals surface area (Å²) in [6, 6.07) is 0. The first-order chi connectivity index (χ1) is 5.79. The van der Waals surface area contributed by atoms with E-state index in [2.05, 4.69) is 4.98 Å². The number of carbonyl (C=O) groups excluding carboxylic acids is 1. The van der Waals surface area contributed by atoms with Gasteiger partial charge in [0.1, 0.15) is 18.1 Å². The zero-order valence-electron chi connectivity index (χ0n) is 6.91. The summed E-state index contributed by atoms with van der Waals surface area (Å²) in [7, 11) is 0. The van der Waals surface area contributed by atoms with Gasteiger partial charge in [-0.2, -0.15) is 0 Å². The van der Waals surface area contributed by atoms with E-state index in [1.54, 1.807) is 13.1 Å². The van der Waals surface area contributed by atoms with Crippen LogP contribution in [-0.2, 0) is 17.9 Å². The molecule has 0 aromatic carbocycles. The predicted octanol–water partition coefficient (Wildman–Crippen LogP) is 0.616. The highest BCUT2D eigenvalue weighted by molar-refractivity contribution is 5.92. The molecule has 0 spiro atoms. The van der Waals surface area contributed by atoms with Crippen molar-refractivity contribution >= 4 is 5.78 Å². The van der Waals surface area contributed by atoms with E-state index in [9.17, 15) is 4.79 Å². The molecule has 1 aliphatic rings. The average molecular weight is 166 g/mol. The summed E-state index contributed by atoms with van der Waals surface area (Å²) < 4.78 is 7.12. The highest BCUT2D eigenvalue weighted by Crippen LogP contribution is 2.11. The lowest BCUT2D eigenvalue weighted by atomic mass is 10.3. The maximum Gasteiger partial charge on any atom is 0.177 e. The Balaban J connectivity index is 2.44. The van der Waals surface area contributed by atoms with Crippen molar-refractivity contribution in [1.82, 2.24) is 9.55 Å². The molecule has 0 saturated carbocycles.